The van der Waals surface area contributed by atoms with Gasteiger partial charge in [0.2, 0.25) is 5.96 Å². The molecule has 0 heterocycles. The number of benzene rings is 2. The highest BCUT2D eigenvalue weighted by Crippen LogP contribution is 2.08. The van der Waals surface area contributed by atoms with Crippen LogP contribution in [0.1, 0.15) is 24.5 Å². The first-order chi connectivity index (χ1) is 13.1. The van der Waals surface area contributed by atoms with E-state index in [2.05, 4.69) is 10.3 Å². The zero-order valence-electron chi connectivity index (χ0n) is 15.6. The van der Waals surface area contributed by atoms with Crippen LogP contribution < -0.4 is 5.32 Å². The minimum Gasteiger partial charge on any atom is -0.459 e. The molecule has 140 valence electrons. The molecule has 0 aliphatic rings. The Morgan fingerprint density at radius 1 is 1.15 bits per heavy atom. The van der Waals surface area contributed by atoms with E-state index >= 15 is 0 Å². The second kappa shape index (κ2) is 10.6. The number of hydrogen-bond acceptors (Lipinski definition) is 4. The first-order valence-corrected chi connectivity index (χ1v) is 8.82. The Hall–Kier alpha value is -3.33. The Bertz CT molecular complexity index is 785. The van der Waals surface area contributed by atoms with Gasteiger partial charge in [0.15, 0.2) is 12.2 Å². The van der Waals surface area contributed by atoms with Gasteiger partial charge in [0.25, 0.3) is 0 Å². The number of hydrogen-bond donors (Lipinski definition) is 1. The van der Waals surface area contributed by atoms with E-state index in [1.165, 1.54) is 0 Å². The predicted octanol–water partition coefficient (Wildman–Crippen LogP) is 3.07. The van der Waals surface area contributed by atoms with Gasteiger partial charge in [-0.15, -0.1) is 0 Å². The summed E-state index contributed by atoms with van der Waals surface area (Å²) in [6.07, 6.45) is 2.36. The number of nitriles is 1. The number of carbonyl (C=O) groups is 1. The lowest BCUT2D eigenvalue weighted by atomic mass is 10.2. The molecule has 1 N–H and O–H groups in total. The molecule has 0 aliphatic carbocycles. The van der Waals surface area contributed by atoms with E-state index in [9.17, 15) is 4.79 Å². The van der Waals surface area contributed by atoms with E-state index < -0.39 is 12.0 Å². The quantitative estimate of drug-likeness (QED) is 0.269. The van der Waals surface area contributed by atoms with Crippen LogP contribution in [0.2, 0.25) is 0 Å². The predicted molar refractivity (Wildman–Crippen MR) is 104 cm³/mol. The van der Waals surface area contributed by atoms with Gasteiger partial charge in [0, 0.05) is 13.6 Å². The lowest BCUT2D eigenvalue weighted by Crippen LogP contribution is -2.38. The summed E-state index contributed by atoms with van der Waals surface area (Å²) in [5.41, 5.74) is 1.99. The Morgan fingerprint density at radius 3 is 2.30 bits per heavy atom. The number of esters is 1. The molecule has 6 nitrogen and oxygen atoms in total. The lowest BCUT2D eigenvalue weighted by molar-refractivity contribution is -0.146. The van der Waals surface area contributed by atoms with Gasteiger partial charge >= 0.3 is 5.97 Å². The largest absolute Gasteiger partial charge is 0.459 e. The van der Waals surface area contributed by atoms with Gasteiger partial charge in [-0.25, -0.2) is 9.79 Å². The topological polar surface area (TPSA) is 77.7 Å². The molecule has 2 aromatic rings. The zero-order chi connectivity index (χ0) is 19.5. The Balaban J connectivity index is 2.05. The molecular weight excluding hydrogens is 340 g/mol. The first-order valence-electron chi connectivity index (χ1n) is 8.82. The Kier molecular flexibility index (Phi) is 7.86. The molecule has 1 atom stereocenters. The van der Waals surface area contributed by atoms with Crippen molar-refractivity contribution >= 4 is 11.9 Å². The van der Waals surface area contributed by atoms with Crippen molar-refractivity contribution in [2.75, 3.05) is 7.05 Å². The maximum Gasteiger partial charge on any atom is 0.331 e. The van der Waals surface area contributed by atoms with Crippen LogP contribution in [0.5, 0.6) is 0 Å². The minimum atomic E-state index is -0.678. The van der Waals surface area contributed by atoms with Crippen LogP contribution in [0.4, 0.5) is 0 Å². The number of nitrogens with zero attached hydrogens (tertiary/aromatic N) is 3. The van der Waals surface area contributed by atoms with Crippen molar-refractivity contribution in [3.8, 4) is 6.19 Å². The molecule has 2 rings (SSSR count). The van der Waals surface area contributed by atoms with Crippen molar-refractivity contribution in [1.82, 2.24) is 10.2 Å². The molecule has 0 unspecified atom stereocenters. The molecule has 0 aromatic heterocycles. The van der Waals surface area contributed by atoms with Crippen LogP contribution in [0.3, 0.4) is 0 Å². The number of aliphatic imine (C=N–C) groups is 1. The van der Waals surface area contributed by atoms with Gasteiger partial charge < -0.3 is 9.64 Å². The fourth-order valence-corrected chi connectivity index (χ4v) is 2.49. The maximum absolute atomic E-state index is 12.4. The van der Waals surface area contributed by atoms with Gasteiger partial charge in [-0.1, -0.05) is 67.6 Å². The second-order valence-corrected chi connectivity index (χ2v) is 6.05. The first kappa shape index (κ1) is 20.0. The fourth-order valence-electron chi connectivity index (χ4n) is 2.49. The fraction of sp³-hybridized carbons (Fsp3) is 0.286. The van der Waals surface area contributed by atoms with E-state index in [4.69, 9.17) is 10.00 Å². The second-order valence-electron chi connectivity index (χ2n) is 6.05. The molecule has 0 saturated heterocycles. The van der Waals surface area contributed by atoms with Crippen LogP contribution >= 0.6 is 0 Å². The van der Waals surface area contributed by atoms with Crippen molar-refractivity contribution in [2.24, 2.45) is 4.99 Å². The van der Waals surface area contributed by atoms with Crippen LogP contribution in [0.15, 0.2) is 65.7 Å². The highest BCUT2D eigenvalue weighted by atomic mass is 16.5. The van der Waals surface area contributed by atoms with Gasteiger partial charge in [-0.3, -0.25) is 5.32 Å². The van der Waals surface area contributed by atoms with Gasteiger partial charge in [0.05, 0.1) is 0 Å². The third-order valence-corrected chi connectivity index (χ3v) is 3.95. The standard InChI is InChI=1S/C21H24N4O2/c1-3-19(20(26)27-15-18-12-8-5-9-13-18)24-21(23-16-22)25(2)14-17-10-6-4-7-11-17/h4-13,19H,3,14-15H2,1-2H3,(H,23,24)/t19-/m0/s1. The minimum absolute atomic E-state index is 0.201. The molecular formula is C21H24N4O2. The number of ether oxygens (including phenoxy) is 1. The number of nitrogens with one attached hydrogen (secondary N) is 1. The maximum atomic E-state index is 12.4. The van der Waals surface area contributed by atoms with Gasteiger partial charge in [-0.2, -0.15) is 5.26 Å². The SMILES string of the molecule is CC[C@H](N=C(NC#N)N(C)Cc1ccccc1)C(=O)OCc1ccccc1. The molecule has 0 aliphatic heterocycles. The molecule has 0 fully saturated rings. The normalized spacial score (nSPS) is 12.0. The van der Waals surface area contributed by atoms with Crippen molar-refractivity contribution in [3.05, 3.63) is 71.8 Å². The summed E-state index contributed by atoms with van der Waals surface area (Å²) >= 11 is 0. The number of rotatable bonds is 7. The third-order valence-electron chi connectivity index (χ3n) is 3.95. The van der Waals surface area contributed by atoms with Crippen molar-refractivity contribution in [3.63, 3.8) is 0 Å². The summed E-state index contributed by atoms with van der Waals surface area (Å²) in [6.45, 7) is 2.62. The lowest BCUT2D eigenvalue weighted by Gasteiger charge is -2.21. The van der Waals surface area contributed by atoms with Gasteiger partial charge in [-0.05, 0) is 17.5 Å². The van der Waals surface area contributed by atoms with Crippen LogP contribution in [0.25, 0.3) is 0 Å². The van der Waals surface area contributed by atoms with Crippen molar-refractivity contribution in [2.45, 2.75) is 32.5 Å². The van der Waals surface area contributed by atoms with Crippen molar-refractivity contribution in [1.29, 1.82) is 5.26 Å². The Morgan fingerprint density at radius 2 is 1.74 bits per heavy atom. The van der Waals surface area contributed by atoms with Crippen molar-refractivity contribution < 1.29 is 9.53 Å². The molecule has 0 radical (unpaired) electrons. The van der Waals surface area contributed by atoms with Crippen LogP contribution in [-0.4, -0.2) is 29.9 Å². The molecule has 0 amide bonds. The average Bonchev–Trinajstić information content (AvgIpc) is 2.70. The smallest absolute Gasteiger partial charge is 0.331 e. The van der Waals surface area contributed by atoms with Crippen LogP contribution in [-0.2, 0) is 22.7 Å². The summed E-state index contributed by atoms with van der Waals surface area (Å²) in [4.78, 5) is 18.6. The third kappa shape index (κ3) is 6.48. The van der Waals surface area contributed by atoms with E-state index in [-0.39, 0.29) is 6.61 Å². The average molecular weight is 364 g/mol. The van der Waals surface area contributed by atoms with E-state index in [0.717, 1.165) is 11.1 Å². The zero-order valence-corrected chi connectivity index (χ0v) is 15.6. The van der Waals surface area contributed by atoms with Crippen LogP contribution in [0, 0.1) is 11.5 Å². The molecule has 2 aromatic carbocycles. The molecule has 0 spiro atoms. The Labute approximate surface area is 160 Å². The molecule has 27 heavy (non-hydrogen) atoms. The molecule has 6 heteroatoms. The summed E-state index contributed by atoms with van der Waals surface area (Å²) in [7, 11) is 1.82. The highest BCUT2D eigenvalue weighted by molar-refractivity contribution is 5.85. The van der Waals surface area contributed by atoms with E-state index in [0.29, 0.717) is 18.9 Å². The summed E-state index contributed by atoms with van der Waals surface area (Å²) in [5, 5.41) is 11.6. The number of carbonyl (C=O) groups excluding carboxylic acids is 1. The molecule has 0 bridgehead atoms. The monoisotopic (exact) mass is 364 g/mol. The molecule has 0 saturated carbocycles. The highest BCUT2D eigenvalue weighted by Gasteiger charge is 2.19. The summed E-state index contributed by atoms with van der Waals surface area (Å²) in [5.74, 6) is -0.0726. The number of guanidine groups is 1. The van der Waals surface area contributed by atoms with E-state index in [1.807, 2.05) is 80.8 Å². The van der Waals surface area contributed by atoms with Gasteiger partial charge in [0.1, 0.15) is 6.61 Å². The summed E-state index contributed by atoms with van der Waals surface area (Å²) < 4.78 is 5.38. The van der Waals surface area contributed by atoms with E-state index in [1.54, 1.807) is 4.90 Å². The summed E-state index contributed by atoms with van der Waals surface area (Å²) in [6, 6.07) is 18.6.